The van der Waals surface area contributed by atoms with Crippen LogP contribution in [0.1, 0.15) is 43.0 Å². The maximum Gasteiger partial charge on any atom is 0.342 e. The van der Waals surface area contributed by atoms with Crippen LogP contribution in [0.15, 0.2) is 18.2 Å². The number of benzene rings is 1. The number of likely N-dealkylation sites (tertiary alicyclic amines) is 1. The van der Waals surface area contributed by atoms with Gasteiger partial charge in [-0.25, -0.2) is 4.79 Å². The van der Waals surface area contributed by atoms with Crippen molar-refractivity contribution >= 4 is 11.9 Å². The highest BCUT2D eigenvalue weighted by Crippen LogP contribution is 2.24. The van der Waals surface area contributed by atoms with Crippen LogP contribution in [0.2, 0.25) is 0 Å². The molecule has 2 rings (SSSR count). The molecule has 1 aromatic carbocycles. The normalized spacial score (nSPS) is 17.7. The SMILES string of the molecule is CC[C@H]1CCCCN1C(=O)COC(=O)c1ccc(OC)cc1O. The van der Waals surface area contributed by atoms with Crippen LogP contribution >= 0.6 is 0 Å². The van der Waals surface area contributed by atoms with Crippen LogP contribution in [-0.4, -0.2) is 48.2 Å². The van der Waals surface area contributed by atoms with Crippen molar-refractivity contribution < 1.29 is 24.2 Å². The maximum atomic E-state index is 12.3. The van der Waals surface area contributed by atoms with E-state index in [0.29, 0.717) is 12.3 Å². The predicted octanol–water partition coefficient (Wildman–Crippen LogP) is 2.35. The molecule has 1 aliphatic heterocycles. The molecule has 1 aromatic rings. The molecule has 0 unspecified atom stereocenters. The number of hydrogen-bond acceptors (Lipinski definition) is 5. The molecule has 23 heavy (non-hydrogen) atoms. The Bertz CT molecular complexity index is 572. The van der Waals surface area contributed by atoms with Crippen molar-refractivity contribution in [2.75, 3.05) is 20.3 Å². The van der Waals surface area contributed by atoms with E-state index >= 15 is 0 Å². The summed E-state index contributed by atoms with van der Waals surface area (Å²) < 4.78 is 10.0. The molecule has 0 radical (unpaired) electrons. The van der Waals surface area contributed by atoms with Crippen molar-refractivity contribution in [1.82, 2.24) is 4.90 Å². The summed E-state index contributed by atoms with van der Waals surface area (Å²) in [7, 11) is 1.47. The van der Waals surface area contributed by atoms with Crippen molar-refractivity contribution in [2.45, 2.75) is 38.6 Å². The van der Waals surface area contributed by atoms with Crippen LogP contribution in [0.3, 0.4) is 0 Å². The van der Waals surface area contributed by atoms with Crippen LogP contribution in [0.5, 0.6) is 11.5 Å². The molecule has 1 amide bonds. The summed E-state index contributed by atoms with van der Waals surface area (Å²) in [6.07, 6.45) is 4.01. The Balaban J connectivity index is 1.94. The molecule has 1 aliphatic rings. The second-order valence-corrected chi connectivity index (χ2v) is 5.60. The monoisotopic (exact) mass is 321 g/mol. The minimum atomic E-state index is -0.719. The number of carbonyl (C=O) groups is 2. The quantitative estimate of drug-likeness (QED) is 0.843. The lowest BCUT2D eigenvalue weighted by Crippen LogP contribution is -2.45. The van der Waals surface area contributed by atoms with Gasteiger partial charge < -0.3 is 19.5 Å². The second-order valence-electron chi connectivity index (χ2n) is 5.60. The number of phenols is 1. The Labute approximate surface area is 136 Å². The van der Waals surface area contributed by atoms with Crippen LogP contribution < -0.4 is 4.74 Å². The molecule has 1 fully saturated rings. The van der Waals surface area contributed by atoms with E-state index in [1.165, 1.54) is 19.2 Å². The minimum Gasteiger partial charge on any atom is -0.507 e. The van der Waals surface area contributed by atoms with Gasteiger partial charge in [0, 0.05) is 18.7 Å². The highest BCUT2D eigenvalue weighted by Gasteiger charge is 2.26. The van der Waals surface area contributed by atoms with Gasteiger partial charge in [-0.2, -0.15) is 0 Å². The van der Waals surface area contributed by atoms with Gasteiger partial charge in [-0.1, -0.05) is 6.92 Å². The van der Waals surface area contributed by atoms with E-state index in [1.807, 2.05) is 0 Å². The smallest absolute Gasteiger partial charge is 0.342 e. The molecule has 0 aromatic heterocycles. The van der Waals surface area contributed by atoms with Crippen LogP contribution in [0, 0.1) is 0 Å². The minimum absolute atomic E-state index is 0.0179. The van der Waals surface area contributed by atoms with E-state index in [2.05, 4.69) is 6.92 Å². The maximum absolute atomic E-state index is 12.3. The molecule has 0 bridgehead atoms. The zero-order valence-electron chi connectivity index (χ0n) is 13.6. The number of esters is 1. The number of ether oxygens (including phenoxy) is 2. The fraction of sp³-hybridized carbons (Fsp3) is 0.529. The Hall–Kier alpha value is -2.24. The summed E-state index contributed by atoms with van der Waals surface area (Å²) in [5.74, 6) is -0.693. The van der Waals surface area contributed by atoms with E-state index in [4.69, 9.17) is 9.47 Å². The lowest BCUT2D eigenvalue weighted by Gasteiger charge is -2.35. The van der Waals surface area contributed by atoms with E-state index in [9.17, 15) is 14.7 Å². The summed E-state index contributed by atoms with van der Waals surface area (Å²) in [4.78, 5) is 26.1. The average molecular weight is 321 g/mol. The van der Waals surface area contributed by atoms with Crippen LogP contribution in [0.4, 0.5) is 0 Å². The number of phenolic OH excluding ortho intramolecular Hbond substituents is 1. The number of nitrogens with zero attached hydrogens (tertiary/aromatic N) is 1. The number of aromatic hydroxyl groups is 1. The Morgan fingerprint density at radius 2 is 2.13 bits per heavy atom. The van der Waals surface area contributed by atoms with E-state index in [0.717, 1.165) is 25.7 Å². The highest BCUT2D eigenvalue weighted by atomic mass is 16.5. The predicted molar refractivity (Wildman–Crippen MR) is 84.6 cm³/mol. The van der Waals surface area contributed by atoms with Crippen LogP contribution in [-0.2, 0) is 9.53 Å². The largest absolute Gasteiger partial charge is 0.507 e. The number of amides is 1. The Morgan fingerprint density at radius 1 is 1.35 bits per heavy atom. The summed E-state index contributed by atoms with van der Waals surface area (Å²) in [5, 5.41) is 9.81. The third-order valence-corrected chi connectivity index (χ3v) is 4.17. The summed E-state index contributed by atoms with van der Waals surface area (Å²) in [6.45, 7) is 2.46. The zero-order chi connectivity index (χ0) is 16.8. The van der Waals surface area contributed by atoms with Gasteiger partial charge in [0.25, 0.3) is 5.91 Å². The fourth-order valence-corrected chi connectivity index (χ4v) is 2.85. The second kappa shape index (κ2) is 7.85. The number of piperidine rings is 1. The highest BCUT2D eigenvalue weighted by molar-refractivity contribution is 5.94. The van der Waals surface area contributed by atoms with Crippen molar-refractivity contribution in [3.8, 4) is 11.5 Å². The fourth-order valence-electron chi connectivity index (χ4n) is 2.85. The molecule has 6 nitrogen and oxygen atoms in total. The zero-order valence-corrected chi connectivity index (χ0v) is 13.6. The number of hydrogen-bond donors (Lipinski definition) is 1. The van der Waals surface area contributed by atoms with Gasteiger partial charge in [0.1, 0.15) is 17.1 Å². The van der Waals surface area contributed by atoms with Gasteiger partial charge in [0.15, 0.2) is 6.61 Å². The Morgan fingerprint density at radius 3 is 2.78 bits per heavy atom. The van der Waals surface area contributed by atoms with Crippen molar-refractivity contribution in [2.24, 2.45) is 0 Å². The molecule has 1 saturated heterocycles. The van der Waals surface area contributed by atoms with Gasteiger partial charge in [-0.3, -0.25) is 4.79 Å². The lowest BCUT2D eigenvalue weighted by molar-refractivity contribution is -0.138. The van der Waals surface area contributed by atoms with Crippen LogP contribution in [0.25, 0.3) is 0 Å². The molecule has 0 spiro atoms. The number of rotatable bonds is 5. The molecule has 0 aliphatic carbocycles. The molecular formula is C17H23NO5. The average Bonchev–Trinajstić information content (AvgIpc) is 2.59. The van der Waals surface area contributed by atoms with E-state index < -0.39 is 5.97 Å². The summed E-state index contributed by atoms with van der Waals surface area (Å²) >= 11 is 0. The van der Waals surface area contributed by atoms with Gasteiger partial charge in [-0.05, 0) is 37.8 Å². The summed E-state index contributed by atoms with van der Waals surface area (Å²) in [5.41, 5.74) is 0.0179. The molecule has 1 heterocycles. The number of methoxy groups -OCH3 is 1. The third-order valence-electron chi connectivity index (χ3n) is 4.17. The van der Waals surface area contributed by atoms with Crippen molar-refractivity contribution in [3.63, 3.8) is 0 Å². The lowest BCUT2D eigenvalue weighted by atomic mass is 10.00. The van der Waals surface area contributed by atoms with Gasteiger partial charge in [-0.15, -0.1) is 0 Å². The van der Waals surface area contributed by atoms with Crippen molar-refractivity contribution in [3.05, 3.63) is 23.8 Å². The van der Waals surface area contributed by atoms with Gasteiger partial charge >= 0.3 is 5.97 Å². The summed E-state index contributed by atoms with van der Waals surface area (Å²) in [6, 6.07) is 4.52. The third kappa shape index (κ3) is 4.15. The molecule has 1 atom stereocenters. The molecular weight excluding hydrogens is 298 g/mol. The van der Waals surface area contributed by atoms with Crippen molar-refractivity contribution in [1.29, 1.82) is 0 Å². The first-order valence-electron chi connectivity index (χ1n) is 7.90. The van der Waals surface area contributed by atoms with E-state index in [1.54, 1.807) is 11.0 Å². The van der Waals surface area contributed by atoms with Gasteiger partial charge in [0.2, 0.25) is 0 Å². The Kier molecular flexibility index (Phi) is 5.84. The first-order valence-corrected chi connectivity index (χ1v) is 7.90. The topological polar surface area (TPSA) is 76.1 Å². The first kappa shape index (κ1) is 17.1. The number of carbonyl (C=O) groups excluding carboxylic acids is 2. The molecule has 126 valence electrons. The van der Waals surface area contributed by atoms with E-state index in [-0.39, 0.29) is 29.9 Å². The van der Waals surface area contributed by atoms with Gasteiger partial charge in [0.05, 0.1) is 7.11 Å². The molecule has 1 N–H and O–H groups in total. The first-order chi connectivity index (χ1) is 11.1. The standard InChI is InChI=1S/C17H23NO5/c1-3-12-6-4-5-9-18(12)16(20)11-23-17(21)14-8-7-13(22-2)10-15(14)19/h7-8,10,12,19H,3-6,9,11H2,1-2H3/t12-/m0/s1. The molecule has 6 heteroatoms. The molecule has 0 saturated carbocycles.